The second-order valence-electron chi connectivity index (χ2n) is 9.48. The van der Waals surface area contributed by atoms with E-state index in [0.717, 1.165) is 5.56 Å². The molecule has 0 spiro atoms. The zero-order chi connectivity index (χ0) is 31.4. The molecule has 0 saturated carbocycles. The van der Waals surface area contributed by atoms with Crippen molar-refractivity contribution in [1.29, 1.82) is 5.26 Å². The van der Waals surface area contributed by atoms with Crippen LogP contribution in [0.15, 0.2) is 90.3 Å². The Hall–Kier alpha value is -5.24. The number of carbonyl (C=O) groups excluding carboxylic acids is 1. The third-order valence-electron chi connectivity index (χ3n) is 6.71. The minimum atomic E-state index is -0.717. The van der Waals surface area contributed by atoms with Crippen molar-refractivity contribution in [2.24, 2.45) is 5.73 Å². The highest BCUT2D eigenvalue weighted by Crippen LogP contribution is 2.45. The maximum Gasteiger partial charge on any atom is 0.343 e. The van der Waals surface area contributed by atoms with Crippen molar-refractivity contribution < 1.29 is 28.7 Å². The number of halogens is 2. The molecule has 5 rings (SSSR count). The third kappa shape index (κ3) is 6.39. The summed E-state index contributed by atoms with van der Waals surface area (Å²) in [7, 11) is 0. The van der Waals surface area contributed by atoms with Gasteiger partial charge in [-0.3, -0.25) is 10.1 Å². The molecule has 4 aromatic rings. The molecule has 44 heavy (non-hydrogen) atoms. The van der Waals surface area contributed by atoms with Crippen molar-refractivity contribution in [2.75, 3.05) is 6.61 Å². The summed E-state index contributed by atoms with van der Waals surface area (Å²) in [6.07, 6.45) is 0. The number of ether oxygens (including phenoxy) is 4. The lowest BCUT2D eigenvalue weighted by atomic mass is 9.83. The van der Waals surface area contributed by atoms with E-state index in [2.05, 4.69) is 6.07 Å². The van der Waals surface area contributed by atoms with E-state index in [9.17, 15) is 20.2 Å². The van der Waals surface area contributed by atoms with Gasteiger partial charge >= 0.3 is 5.97 Å². The number of allylic oxidation sites excluding steroid dienone is 1. The molecule has 0 saturated heterocycles. The van der Waals surface area contributed by atoms with Gasteiger partial charge in [0.15, 0.2) is 11.5 Å². The summed E-state index contributed by atoms with van der Waals surface area (Å²) in [5.74, 6) is -0.0766. The molecule has 1 aliphatic heterocycles. The van der Waals surface area contributed by atoms with E-state index in [1.807, 2.05) is 6.92 Å². The van der Waals surface area contributed by atoms with E-state index in [0.29, 0.717) is 39.3 Å². The number of nitrogens with two attached hydrogens (primary N) is 1. The molecular weight excluding hydrogens is 609 g/mol. The van der Waals surface area contributed by atoms with Crippen LogP contribution < -0.4 is 24.7 Å². The molecule has 0 radical (unpaired) electrons. The lowest BCUT2D eigenvalue weighted by Crippen LogP contribution is -2.21. The Bertz CT molecular complexity index is 1840. The lowest BCUT2D eigenvalue weighted by molar-refractivity contribution is -0.384. The number of nitrogens with zero attached hydrogens (tertiary/aromatic N) is 2. The van der Waals surface area contributed by atoms with Gasteiger partial charge in [0.25, 0.3) is 5.69 Å². The van der Waals surface area contributed by atoms with Crippen molar-refractivity contribution >= 4 is 34.9 Å². The van der Waals surface area contributed by atoms with Gasteiger partial charge < -0.3 is 24.7 Å². The van der Waals surface area contributed by atoms with E-state index in [-0.39, 0.29) is 40.8 Å². The maximum atomic E-state index is 12.7. The fourth-order valence-corrected chi connectivity index (χ4v) is 5.08. The summed E-state index contributed by atoms with van der Waals surface area (Å²) < 4.78 is 23.1. The number of nitriles is 1. The van der Waals surface area contributed by atoms with Gasteiger partial charge in [0.1, 0.15) is 29.7 Å². The van der Waals surface area contributed by atoms with E-state index >= 15 is 0 Å². The highest BCUT2D eigenvalue weighted by atomic mass is 35.5. The van der Waals surface area contributed by atoms with Crippen LogP contribution in [0.5, 0.6) is 23.0 Å². The fraction of sp³-hybridized carbons (Fsp3) is 0.125. The molecule has 10 nitrogen and oxygen atoms in total. The smallest absolute Gasteiger partial charge is 0.343 e. The molecule has 0 aliphatic carbocycles. The number of esters is 1. The highest BCUT2D eigenvalue weighted by molar-refractivity contribution is 6.35. The number of hydrogen-bond donors (Lipinski definition) is 1. The first-order chi connectivity index (χ1) is 21.2. The van der Waals surface area contributed by atoms with E-state index < -0.39 is 16.8 Å². The number of nitro benzene ring substituents is 1. The van der Waals surface area contributed by atoms with Gasteiger partial charge in [-0.05, 0) is 55.0 Å². The van der Waals surface area contributed by atoms with Crippen molar-refractivity contribution in [3.05, 3.63) is 133 Å². The average molecular weight is 632 g/mol. The van der Waals surface area contributed by atoms with Crippen molar-refractivity contribution in [1.82, 2.24) is 0 Å². The summed E-state index contributed by atoms with van der Waals surface area (Å²) in [5, 5.41) is 21.9. The van der Waals surface area contributed by atoms with Gasteiger partial charge in [-0.15, -0.1) is 0 Å². The minimum absolute atomic E-state index is 0.0977. The van der Waals surface area contributed by atoms with Crippen LogP contribution in [0.25, 0.3) is 0 Å². The monoisotopic (exact) mass is 631 g/mol. The number of non-ortho nitro benzene ring substituents is 1. The van der Waals surface area contributed by atoms with Crippen molar-refractivity contribution in [3.8, 4) is 29.1 Å². The van der Waals surface area contributed by atoms with Gasteiger partial charge in [-0.2, -0.15) is 5.26 Å². The van der Waals surface area contributed by atoms with E-state index in [1.165, 1.54) is 30.3 Å². The number of fused-ring (bicyclic) bond motifs is 1. The quantitative estimate of drug-likeness (QED) is 0.0868. The van der Waals surface area contributed by atoms with Crippen LogP contribution in [0.4, 0.5) is 5.69 Å². The van der Waals surface area contributed by atoms with Gasteiger partial charge in [-0.25, -0.2) is 4.79 Å². The molecule has 2 N–H and O–H groups in total. The fourth-order valence-electron chi connectivity index (χ4n) is 4.61. The van der Waals surface area contributed by atoms with Crippen LogP contribution in [0.3, 0.4) is 0 Å². The number of carbonyl (C=O) groups is 1. The van der Waals surface area contributed by atoms with Crippen LogP contribution in [-0.4, -0.2) is 17.5 Å². The largest absolute Gasteiger partial charge is 0.490 e. The molecule has 12 heteroatoms. The molecule has 222 valence electrons. The number of nitro groups is 1. The predicted octanol–water partition coefficient (Wildman–Crippen LogP) is 7.32. The van der Waals surface area contributed by atoms with E-state index in [4.69, 9.17) is 47.9 Å². The first-order valence-electron chi connectivity index (χ1n) is 13.2. The van der Waals surface area contributed by atoms with Crippen molar-refractivity contribution in [3.63, 3.8) is 0 Å². The van der Waals surface area contributed by atoms with Gasteiger partial charge in [0.05, 0.1) is 23.0 Å². The number of hydrogen-bond acceptors (Lipinski definition) is 9. The SMILES string of the molecule is CCOc1cc(C2C(C#N)=C(N)Oc3cc(OC(=O)c4ccc([N+](=O)[O-])cc4)ccc32)ccc1OCc1ccc(Cl)cc1Cl. The van der Waals surface area contributed by atoms with Crippen LogP contribution in [0.1, 0.15) is 39.9 Å². The molecule has 1 aliphatic rings. The zero-order valence-corrected chi connectivity index (χ0v) is 24.6. The molecule has 0 aromatic heterocycles. The van der Waals surface area contributed by atoms with Crippen molar-refractivity contribution in [2.45, 2.75) is 19.4 Å². The molecule has 0 amide bonds. The zero-order valence-electron chi connectivity index (χ0n) is 23.1. The maximum absolute atomic E-state index is 12.7. The predicted molar refractivity (Wildman–Crippen MR) is 162 cm³/mol. The summed E-state index contributed by atoms with van der Waals surface area (Å²) in [4.78, 5) is 23.0. The summed E-state index contributed by atoms with van der Waals surface area (Å²) in [6, 6.07) is 22.4. The molecular formula is C32H23Cl2N3O7. The van der Waals surface area contributed by atoms with Crippen LogP contribution >= 0.6 is 23.2 Å². The third-order valence-corrected chi connectivity index (χ3v) is 7.30. The molecule has 1 atom stereocenters. The topological polar surface area (TPSA) is 147 Å². The highest BCUT2D eigenvalue weighted by Gasteiger charge is 2.32. The average Bonchev–Trinajstić information content (AvgIpc) is 3.00. The summed E-state index contributed by atoms with van der Waals surface area (Å²) in [5.41, 5.74) is 8.38. The number of rotatable bonds is 9. The van der Waals surface area contributed by atoms with Crippen LogP contribution in [0, 0.1) is 21.4 Å². The first kappa shape index (κ1) is 30.2. The van der Waals surface area contributed by atoms with Gasteiger partial charge in [0, 0.05) is 39.4 Å². The molecule has 0 bridgehead atoms. The summed E-state index contributed by atoms with van der Waals surface area (Å²) >= 11 is 12.3. The normalized spacial score (nSPS) is 13.7. The molecule has 0 fully saturated rings. The second kappa shape index (κ2) is 13.0. The van der Waals surface area contributed by atoms with Gasteiger partial charge in [-0.1, -0.05) is 41.4 Å². The van der Waals surface area contributed by atoms with Crippen LogP contribution in [-0.2, 0) is 6.61 Å². The lowest BCUT2D eigenvalue weighted by Gasteiger charge is -2.27. The van der Waals surface area contributed by atoms with Gasteiger partial charge in [0.2, 0.25) is 5.88 Å². The molecule has 4 aromatic carbocycles. The molecule has 1 heterocycles. The first-order valence-corrected chi connectivity index (χ1v) is 14.0. The standard InChI is InChI=1S/C32H23Cl2N3O7/c1-2-41-29-13-19(6-12-27(29)42-17-20-3-7-21(33)14-26(20)34)30-24-11-10-23(15-28(24)44-31(36)25(30)16-35)43-32(38)18-4-8-22(9-5-18)37(39)40/h3-15,30H,2,17,36H2,1H3. The molecule has 1 unspecified atom stereocenters. The Morgan fingerprint density at radius 1 is 1.02 bits per heavy atom. The summed E-state index contributed by atoms with van der Waals surface area (Å²) in [6.45, 7) is 2.38. The van der Waals surface area contributed by atoms with Crippen LogP contribution in [0.2, 0.25) is 10.0 Å². The Labute approximate surface area is 261 Å². The Kier molecular flexibility index (Phi) is 8.90. The van der Waals surface area contributed by atoms with E-state index in [1.54, 1.807) is 48.5 Å². The Morgan fingerprint density at radius 2 is 1.80 bits per heavy atom. The minimum Gasteiger partial charge on any atom is -0.490 e. The number of benzene rings is 4. The Balaban J connectivity index is 1.43. The Morgan fingerprint density at radius 3 is 2.48 bits per heavy atom. The second-order valence-corrected chi connectivity index (χ2v) is 10.3.